The summed E-state index contributed by atoms with van der Waals surface area (Å²) >= 11 is 0. The minimum absolute atomic E-state index is 0.0668. The van der Waals surface area contributed by atoms with Crippen LogP contribution in [-0.4, -0.2) is 5.97 Å². The smallest absolute Gasteiger partial charge is 0.323 e. The lowest BCUT2D eigenvalue weighted by Crippen LogP contribution is -2.15. The topological polar surface area (TPSA) is 26.3 Å². The molecule has 2 nitrogen and oxygen atoms in total. The molecular formula is C22H26O2. The third-order valence-electron chi connectivity index (χ3n) is 4.85. The van der Waals surface area contributed by atoms with Crippen molar-refractivity contribution in [2.45, 2.75) is 59.8 Å². The van der Waals surface area contributed by atoms with Crippen LogP contribution in [-0.2, 0) is 10.2 Å². The number of carbonyl (C=O) groups excluding carboxylic acids is 1. The van der Waals surface area contributed by atoms with E-state index in [4.69, 9.17) is 4.74 Å². The Kier molecular flexibility index (Phi) is 3.82. The maximum atomic E-state index is 12.8. The van der Waals surface area contributed by atoms with Crippen molar-refractivity contribution in [2.75, 3.05) is 0 Å². The second-order valence-corrected chi connectivity index (χ2v) is 8.15. The van der Waals surface area contributed by atoms with Crippen molar-refractivity contribution in [1.29, 1.82) is 0 Å². The summed E-state index contributed by atoms with van der Waals surface area (Å²) in [4.78, 5) is 12.8. The summed E-state index contributed by atoms with van der Waals surface area (Å²) in [5, 5.41) is 0. The van der Waals surface area contributed by atoms with Gasteiger partial charge < -0.3 is 4.74 Å². The average Bonchev–Trinajstić information content (AvgIpc) is 2.73. The van der Waals surface area contributed by atoms with Crippen LogP contribution in [0.4, 0.5) is 0 Å². The third-order valence-corrected chi connectivity index (χ3v) is 4.85. The number of ether oxygens (including phenoxy) is 1. The predicted molar refractivity (Wildman–Crippen MR) is 98.0 cm³/mol. The number of hydrogen-bond acceptors (Lipinski definition) is 2. The maximum Gasteiger partial charge on any atom is 0.323 e. The Morgan fingerprint density at radius 1 is 0.875 bits per heavy atom. The second-order valence-electron chi connectivity index (χ2n) is 8.15. The lowest BCUT2D eigenvalue weighted by Gasteiger charge is -2.22. The summed E-state index contributed by atoms with van der Waals surface area (Å²) in [6.45, 7) is 14.8. The molecule has 3 rings (SSSR count). The van der Waals surface area contributed by atoms with E-state index < -0.39 is 0 Å². The quantitative estimate of drug-likeness (QED) is 0.528. The van der Waals surface area contributed by atoms with Crippen LogP contribution >= 0.6 is 0 Å². The largest absolute Gasteiger partial charge is 0.425 e. The molecule has 0 spiro atoms. The van der Waals surface area contributed by atoms with E-state index in [-0.39, 0.29) is 17.3 Å². The Labute approximate surface area is 144 Å². The van der Waals surface area contributed by atoms with Gasteiger partial charge in [0.1, 0.15) is 11.7 Å². The van der Waals surface area contributed by atoms with Gasteiger partial charge >= 0.3 is 5.97 Å². The molecule has 0 amide bonds. The number of carbonyl (C=O) groups is 1. The molecule has 1 heterocycles. The average molecular weight is 322 g/mol. The van der Waals surface area contributed by atoms with Crippen LogP contribution in [0.25, 0.3) is 0 Å². The molecule has 0 aromatic heterocycles. The molecule has 0 radical (unpaired) electrons. The minimum Gasteiger partial charge on any atom is -0.425 e. The van der Waals surface area contributed by atoms with Gasteiger partial charge in [0.15, 0.2) is 0 Å². The molecule has 2 aromatic rings. The van der Waals surface area contributed by atoms with Crippen molar-refractivity contribution in [3.63, 3.8) is 0 Å². The molecular weight excluding hydrogens is 296 g/mol. The standard InChI is InChI=1S/C22H26O2/c1-12-8-14(3)18(15(4)9-12)19-16-10-13(2)11-17(22(5,6)7)20(16)24-21(19)23/h8-11,19H,1-7H3. The summed E-state index contributed by atoms with van der Waals surface area (Å²) in [7, 11) is 0. The second kappa shape index (κ2) is 5.47. The Bertz CT molecular complexity index is 815. The summed E-state index contributed by atoms with van der Waals surface area (Å²) < 4.78 is 5.79. The van der Waals surface area contributed by atoms with E-state index in [1.807, 2.05) is 0 Å². The molecule has 0 bridgehead atoms. The maximum absolute atomic E-state index is 12.8. The molecule has 24 heavy (non-hydrogen) atoms. The molecule has 1 aliphatic heterocycles. The SMILES string of the molecule is Cc1cc(C)c(C2C(=O)Oc3c2cc(C)cc3C(C)(C)C)c(C)c1. The molecule has 1 unspecified atom stereocenters. The Hall–Kier alpha value is -2.09. The van der Waals surface area contributed by atoms with Crippen LogP contribution in [0, 0.1) is 27.7 Å². The highest BCUT2D eigenvalue weighted by Gasteiger charge is 2.39. The van der Waals surface area contributed by atoms with Gasteiger partial charge in [-0.2, -0.15) is 0 Å². The Morgan fingerprint density at radius 3 is 1.96 bits per heavy atom. The third kappa shape index (κ3) is 2.64. The minimum atomic E-state index is -0.318. The lowest BCUT2D eigenvalue weighted by molar-refractivity contribution is -0.133. The molecule has 126 valence electrons. The van der Waals surface area contributed by atoms with Gasteiger partial charge in [0.2, 0.25) is 0 Å². The summed E-state index contributed by atoms with van der Waals surface area (Å²) in [5.41, 5.74) is 7.85. The van der Waals surface area contributed by atoms with Crippen LogP contribution in [0.15, 0.2) is 24.3 Å². The van der Waals surface area contributed by atoms with Gasteiger partial charge in [-0.05, 0) is 49.8 Å². The zero-order valence-corrected chi connectivity index (χ0v) is 15.7. The summed E-state index contributed by atoms with van der Waals surface area (Å²) in [6.07, 6.45) is 0. The van der Waals surface area contributed by atoms with Gasteiger partial charge in [-0.25, -0.2) is 0 Å². The first kappa shape index (κ1) is 16.8. The molecule has 0 saturated carbocycles. The zero-order chi connectivity index (χ0) is 17.8. The fourth-order valence-electron chi connectivity index (χ4n) is 3.89. The lowest BCUT2D eigenvalue weighted by atomic mass is 9.80. The van der Waals surface area contributed by atoms with Crippen molar-refractivity contribution in [2.24, 2.45) is 0 Å². The van der Waals surface area contributed by atoms with Crippen molar-refractivity contribution >= 4 is 5.97 Å². The molecule has 1 atom stereocenters. The number of fused-ring (bicyclic) bond motifs is 1. The van der Waals surface area contributed by atoms with Gasteiger partial charge in [-0.3, -0.25) is 4.79 Å². The molecule has 2 aromatic carbocycles. The van der Waals surface area contributed by atoms with Gasteiger partial charge in [0.25, 0.3) is 0 Å². The Balaban J connectivity index is 2.27. The molecule has 2 heteroatoms. The van der Waals surface area contributed by atoms with E-state index >= 15 is 0 Å². The molecule has 0 aliphatic carbocycles. The summed E-state index contributed by atoms with van der Waals surface area (Å²) in [5.74, 6) is 0.292. The number of hydrogen-bond donors (Lipinski definition) is 0. The van der Waals surface area contributed by atoms with Crippen molar-refractivity contribution in [3.05, 3.63) is 63.2 Å². The van der Waals surface area contributed by atoms with Crippen molar-refractivity contribution in [1.82, 2.24) is 0 Å². The van der Waals surface area contributed by atoms with Crippen LogP contribution in [0.5, 0.6) is 5.75 Å². The summed E-state index contributed by atoms with van der Waals surface area (Å²) in [6, 6.07) is 8.55. The van der Waals surface area contributed by atoms with Crippen LogP contribution in [0.1, 0.15) is 65.6 Å². The molecule has 0 saturated heterocycles. The van der Waals surface area contributed by atoms with Gasteiger partial charge in [-0.15, -0.1) is 0 Å². The van der Waals surface area contributed by atoms with E-state index in [1.54, 1.807) is 0 Å². The van der Waals surface area contributed by atoms with E-state index in [0.29, 0.717) is 0 Å². The number of rotatable bonds is 1. The van der Waals surface area contributed by atoms with Gasteiger partial charge in [0, 0.05) is 11.1 Å². The fraction of sp³-hybridized carbons (Fsp3) is 0.409. The number of esters is 1. The highest BCUT2D eigenvalue weighted by Crippen LogP contribution is 2.46. The molecule has 0 N–H and O–H groups in total. The van der Waals surface area contributed by atoms with Crippen LogP contribution in [0.3, 0.4) is 0 Å². The number of benzene rings is 2. The van der Waals surface area contributed by atoms with E-state index in [2.05, 4.69) is 72.7 Å². The van der Waals surface area contributed by atoms with E-state index in [1.165, 1.54) is 11.1 Å². The normalized spacial score (nSPS) is 17.0. The molecule has 0 fully saturated rings. The zero-order valence-electron chi connectivity index (χ0n) is 15.7. The number of aryl methyl sites for hydroxylation is 4. The van der Waals surface area contributed by atoms with Crippen LogP contribution in [0.2, 0.25) is 0 Å². The van der Waals surface area contributed by atoms with E-state index in [0.717, 1.165) is 33.6 Å². The predicted octanol–water partition coefficient (Wildman–Crippen LogP) is 5.27. The van der Waals surface area contributed by atoms with Gasteiger partial charge in [0.05, 0.1) is 0 Å². The van der Waals surface area contributed by atoms with Crippen molar-refractivity contribution in [3.8, 4) is 5.75 Å². The highest BCUT2D eigenvalue weighted by atomic mass is 16.5. The van der Waals surface area contributed by atoms with E-state index in [9.17, 15) is 4.79 Å². The molecule has 1 aliphatic rings. The first-order chi connectivity index (χ1) is 11.1. The van der Waals surface area contributed by atoms with Crippen molar-refractivity contribution < 1.29 is 9.53 Å². The Morgan fingerprint density at radius 2 is 1.42 bits per heavy atom. The monoisotopic (exact) mass is 322 g/mol. The first-order valence-corrected chi connectivity index (χ1v) is 8.54. The highest BCUT2D eigenvalue weighted by molar-refractivity contribution is 5.91. The van der Waals surface area contributed by atoms with Crippen LogP contribution < -0.4 is 4.74 Å². The first-order valence-electron chi connectivity index (χ1n) is 8.54. The fourth-order valence-corrected chi connectivity index (χ4v) is 3.89. The van der Waals surface area contributed by atoms with Gasteiger partial charge in [-0.1, -0.05) is 56.2 Å².